The summed E-state index contributed by atoms with van der Waals surface area (Å²) in [7, 11) is 0. The highest BCUT2D eigenvalue weighted by molar-refractivity contribution is 6.35. The number of rotatable bonds is 2. The molecule has 106 valence electrons. The van der Waals surface area contributed by atoms with Crippen LogP contribution >= 0.6 is 23.2 Å². The molecule has 0 atom stereocenters. The van der Waals surface area contributed by atoms with Crippen LogP contribution in [0.15, 0.2) is 41.2 Å². The van der Waals surface area contributed by atoms with E-state index >= 15 is 0 Å². The number of carbonyl (C=O) groups is 1. The lowest BCUT2D eigenvalue weighted by atomic mass is 10.2. The van der Waals surface area contributed by atoms with Crippen LogP contribution in [0.4, 0.5) is 5.69 Å². The Bertz CT molecular complexity index is 899. The van der Waals surface area contributed by atoms with E-state index in [-0.39, 0.29) is 11.6 Å². The number of H-pyrrole nitrogens is 2. The van der Waals surface area contributed by atoms with Gasteiger partial charge in [-0.15, -0.1) is 0 Å². The van der Waals surface area contributed by atoms with Crippen LogP contribution in [-0.4, -0.2) is 15.9 Å². The van der Waals surface area contributed by atoms with Gasteiger partial charge in [-0.1, -0.05) is 23.2 Å². The molecule has 7 heteroatoms. The second kappa shape index (κ2) is 5.27. The molecule has 0 aliphatic rings. The van der Waals surface area contributed by atoms with Crippen molar-refractivity contribution in [3.05, 3.63) is 62.5 Å². The SMILES string of the molecule is O=C(Nc1cc(Cl)ccc1Cl)c1ccc2[nH]c(=O)[nH]c2c1. The van der Waals surface area contributed by atoms with Crippen LogP contribution in [0, 0.1) is 0 Å². The van der Waals surface area contributed by atoms with Gasteiger partial charge in [-0.05, 0) is 36.4 Å². The van der Waals surface area contributed by atoms with Crippen molar-refractivity contribution in [1.29, 1.82) is 0 Å². The Balaban J connectivity index is 1.92. The Labute approximate surface area is 128 Å². The molecule has 3 rings (SSSR count). The zero-order chi connectivity index (χ0) is 15.0. The molecule has 3 N–H and O–H groups in total. The van der Waals surface area contributed by atoms with Crippen molar-refractivity contribution in [3.8, 4) is 0 Å². The van der Waals surface area contributed by atoms with Crippen LogP contribution in [0.5, 0.6) is 0 Å². The first-order valence-electron chi connectivity index (χ1n) is 6.01. The van der Waals surface area contributed by atoms with Crippen molar-refractivity contribution < 1.29 is 4.79 Å². The molecule has 0 aliphatic heterocycles. The molecule has 5 nitrogen and oxygen atoms in total. The number of aromatic amines is 2. The minimum absolute atomic E-state index is 0.319. The smallest absolute Gasteiger partial charge is 0.321 e. The average molecular weight is 322 g/mol. The van der Waals surface area contributed by atoms with Gasteiger partial charge in [0.25, 0.3) is 5.91 Å². The number of anilines is 1. The summed E-state index contributed by atoms with van der Waals surface area (Å²) >= 11 is 11.9. The third-order valence-electron chi connectivity index (χ3n) is 2.95. The van der Waals surface area contributed by atoms with Gasteiger partial charge in [0.05, 0.1) is 21.7 Å². The number of benzene rings is 2. The Kier molecular flexibility index (Phi) is 3.45. The molecule has 2 aromatic carbocycles. The molecule has 1 heterocycles. The molecular weight excluding hydrogens is 313 g/mol. The van der Waals surface area contributed by atoms with Gasteiger partial charge < -0.3 is 15.3 Å². The van der Waals surface area contributed by atoms with Crippen LogP contribution in [0.1, 0.15) is 10.4 Å². The summed E-state index contributed by atoms with van der Waals surface area (Å²) in [6.07, 6.45) is 0. The molecule has 0 saturated heterocycles. The summed E-state index contributed by atoms with van der Waals surface area (Å²) in [5, 5.41) is 3.55. The Hall–Kier alpha value is -2.24. The molecule has 1 aromatic heterocycles. The summed E-state index contributed by atoms with van der Waals surface area (Å²) in [4.78, 5) is 28.6. The molecule has 21 heavy (non-hydrogen) atoms. The lowest BCUT2D eigenvalue weighted by Gasteiger charge is -2.07. The van der Waals surface area contributed by atoms with Crippen molar-refractivity contribution in [1.82, 2.24) is 9.97 Å². The first-order chi connectivity index (χ1) is 10.0. The summed E-state index contributed by atoms with van der Waals surface area (Å²) in [6.45, 7) is 0. The summed E-state index contributed by atoms with van der Waals surface area (Å²) in [6, 6.07) is 9.66. The highest BCUT2D eigenvalue weighted by Crippen LogP contribution is 2.26. The summed E-state index contributed by atoms with van der Waals surface area (Å²) in [5.74, 6) is -0.344. The number of hydrogen-bond donors (Lipinski definition) is 3. The van der Waals surface area contributed by atoms with Crippen molar-refractivity contribution in [2.45, 2.75) is 0 Å². The highest BCUT2D eigenvalue weighted by Gasteiger charge is 2.10. The van der Waals surface area contributed by atoms with E-state index in [2.05, 4.69) is 15.3 Å². The van der Waals surface area contributed by atoms with Crippen molar-refractivity contribution in [2.75, 3.05) is 5.32 Å². The van der Waals surface area contributed by atoms with Gasteiger partial charge in [0.1, 0.15) is 0 Å². The zero-order valence-electron chi connectivity index (χ0n) is 10.5. The molecule has 0 bridgehead atoms. The lowest BCUT2D eigenvalue weighted by Crippen LogP contribution is -2.12. The fourth-order valence-corrected chi connectivity index (χ4v) is 2.30. The van der Waals surface area contributed by atoms with E-state index in [1.54, 1.807) is 36.4 Å². The second-order valence-corrected chi connectivity index (χ2v) is 5.26. The summed E-state index contributed by atoms with van der Waals surface area (Å²) in [5.41, 5.74) is 1.70. The summed E-state index contributed by atoms with van der Waals surface area (Å²) < 4.78 is 0. The van der Waals surface area contributed by atoms with Crippen LogP contribution in [0.25, 0.3) is 11.0 Å². The van der Waals surface area contributed by atoms with E-state index in [0.29, 0.717) is 32.3 Å². The van der Waals surface area contributed by atoms with Crippen LogP contribution in [0.3, 0.4) is 0 Å². The topological polar surface area (TPSA) is 77.8 Å². The van der Waals surface area contributed by atoms with E-state index in [1.165, 1.54) is 0 Å². The predicted octanol–water partition coefficient (Wildman–Crippen LogP) is 3.42. The van der Waals surface area contributed by atoms with Crippen LogP contribution in [0.2, 0.25) is 10.0 Å². The third kappa shape index (κ3) is 2.79. The maximum absolute atomic E-state index is 12.2. The van der Waals surface area contributed by atoms with Gasteiger partial charge in [0.2, 0.25) is 0 Å². The van der Waals surface area contributed by atoms with Crippen LogP contribution in [-0.2, 0) is 0 Å². The molecule has 0 fully saturated rings. The van der Waals surface area contributed by atoms with Crippen molar-refractivity contribution in [3.63, 3.8) is 0 Å². The quantitative estimate of drug-likeness (QED) is 0.676. The maximum atomic E-state index is 12.2. The first kappa shape index (κ1) is 13.7. The molecule has 0 spiro atoms. The number of aromatic nitrogens is 2. The van der Waals surface area contributed by atoms with E-state index in [9.17, 15) is 9.59 Å². The predicted molar refractivity (Wildman–Crippen MR) is 83.3 cm³/mol. The largest absolute Gasteiger partial charge is 0.323 e. The molecule has 0 aliphatic carbocycles. The fourth-order valence-electron chi connectivity index (χ4n) is 1.96. The van der Waals surface area contributed by atoms with Crippen molar-refractivity contribution in [2.24, 2.45) is 0 Å². The number of imidazole rings is 1. The van der Waals surface area contributed by atoms with E-state index in [0.717, 1.165) is 0 Å². The van der Waals surface area contributed by atoms with Gasteiger partial charge in [-0.25, -0.2) is 4.79 Å². The highest BCUT2D eigenvalue weighted by atomic mass is 35.5. The molecule has 1 amide bonds. The lowest BCUT2D eigenvalue weighted by molar-refractivity contribution is 0.102. The third-order valence-corrected chi connectivity index (χ3v) is 3.52. The number of nitrogens with one attached hydrogen (secondary N) is 3. The van der Waals surface area contributed by atoms with Crippen LogP contribution < -0.4 is 11.0 Å². The number of carbonyl (C=O) groups excluding carboxylic acids is 1. The molecule has 0 radical (unpaired) electrons. The van der Waals surface area contributed by atoms with E-state index < -0.39 is 0 Å². The Morgan fingerprint density at radius 3 is 2.57 bits per heavy atom. The van der Waals surface area contributed by atoms with Gasteiger partial charge in [-0.3, -0.25) is 4.79 Å². The van der Waals surface area contributed by atoms with Gasteiger partial charge in [0.15, 0.2) is 0 Å². The standard InChI is InChI=1S/C14H9Cl2N3O2/c15-8-2-3-9(16)11(6-8)17-13(20)7-1-4-10-12(5-7)19-14(21)18-10/h1-6H,(H,17,20)(H2,18,19,21). The zero-order valence-corrected chi connectivity index (χ0v) is 12.0. The molecule has 0 saturated carbocycles. The monoisotopic (exact) mass is 321 g/mol. The van der Waals surface area contributed by atoms with Crippen molar-refractivity contribution >= 4 is 45.8 Å². The molecule has 0 unspecified atom stereocenters. The normalized spacial score (nSPS) is 10.8. The number of hydrogen-bond acceptors (Lipinski definition) is 2. The van der Waals surface area contributed by atoms with E-state index in [1.807, 2.05) is 0 Å². The minimum Gasteiger partial charge on any atom is -0.321 e. The number of fused-ring (bicyclic) bond motifs is 1. The Morgan fingerprint density at radius 1 is 1.00 bits per heavy atom. The number of halogens is 2. The average Bonchev–Trinajstić information content (AvgIpc) is 2.81. The molecule has 3 aromatic rings. The first-order valence-corrected chi connectivity index (χ1v) is 6.77. The van der Waals surface area contributed by atoms with Gasteiger partial charge in [-0.2, -0.15) is 0 Å². The minimum atomic E-state index is -0.344. The van der Waals surface area contributed by atoms with E-state index in [4.69, 9.17) is 23.2 Å². The van der Waals surface area contributed by atoms with Gasteiger partial charge >= 0.3 is 5.69 Å². The number of amides is 1. The fraction of sp³-hybridized carbons (Fsp3) is 0. The Morgan fingerprint density at radius 2 is 1.76 bits per heavy atom. The maximum Gasteiger partial charge on any atom is 0.323 e. The van der Waals surface area contributed by atoms with Gasteiger partial charge in [0, 0.05) is 10.6 Å². The molecular formula is C14H9Cl2N3O2. The second-order valence-electron chi connectivity index (χ2n) is 4.42.